The molecule has 0 heterocycles. The van der Waals surface area contributed by atoms with Crippen molar-refractivity contribution in [3.8, 4) is 0 Å². The Morgan fingerprint density at radius 3 is 2.07 bits per heavy atom. The molecule has 0 radical (unpaired) electrons. The van der Waals surface area contributed by atoms with Gasteiger partial charge in [-0.1, -0.05) is 6.92 Å². The van der Waals surface area contributed by atoms with E-state index in [-0.39, 0.29) is 5.67 Å². The predicted molar refractivity (Wildman–Crippen MR) is 57.1 cm³/mol. The highest BCUT2D eigenvalue weighted by Crippen LogP contribution is 2.18. The number of aliphatic imine (C=N–C) groups is 1. The van der Waals surface area contributed by atoms with E-state index in [0.717, 1.165) is 6.42 Å². The van der Waals surface area contributed by atoms with Crippen LogP contribution in [-0.2, 0) is 13.6 Å². The first-order valence-corrected chi connectivity index (χ1v) is 7.38. The van der Waals surface area contributed by atoms with Crippen molar-refractivity contribution in [1.29, 1.82) is 0 Å². The molecule has 0 bridgehead atoms. The van der Waals surface area contributed by atoms with Crippen LogP contribution >= 0.6 is 0 Å². The van der Waals surface area contributed by atoms with E-state index in [2.05, 4.69) is 4.99 Å². The molecule has 1 atom stereocenters. The zero-order chi connectivity index (χ0) is 11.0. The minimum absolute atomic E-state index is 0.153. The van der Waals surface area contributed by atoms with Gasteiger partial charge >= 0.3 is 8.56 Å². The van der Waals surface area contributed by atoms with Crippen molar-refractivity contribution < 1.29 is 13.6 Å². The Bertz CT molecular complexity index is 198. The van der Waals surface area contributed by atoms with Crippen LogP contribution in [0.4, 0.5) is 0 Å². The van der Waals surface area contributed by atoms with Crippen LogP contribution in [0.5, 0.6) is 0 Å². The Morgan fingerprint density at radius 1 is 1.29 bits per heavy atom. The Morgan fingerprint density at radius 2 is 1.79 bits per heavy atom. The summed E-state index contributed by atoms with van der Waals surface area (Å²) in [5.74, 6) is 0. The van der Waals surface area contributed by atoms with Crippen LogP contribution in [-0.4, -0.2) is 33.5 Å². The third-order valence-corrected chi connectivity index (χ3v) is 5.53. The summed E-state index contributed by atoms with van der Waals surface area (Å²) in [5.41, 5.74) is -0.153. The second-order valence-electron chi connectivity index (χ2n) is 3.03. The molecule has 0 rings (SSSR count). The average molecular weight is 217 g/mol. The first kappa shape index (κ1) is 13.5. The molecule has 82 valence electrons. The van der Waals surface area contributed by atoms with Crippen LogP contribution < -0.4 is 0 Å². The molecule has 14 heavy (non-hydrogen) atoms. The molecule has 0 aromatic rings. The highest BCUT2D eigenvalue weighted by molar-refractivity contribution is 6.67. The molecule has 0 aliphatic carbocycles. The predicted octanol–water partition coefficient (Wildman–Crippen LogP) is 1.78. The van der Waals surface area contributed by atoms with Gasteiger partial charge in [0.05, 0.1) is 0 Å². The van der Waals surface area contributed by atoms with E-state index in [0.29, 0.717) is 13.2 Å². The Hall–Kier alpha value is -0.483. The number of isocyanates is 1. The molecule has 0 aliphatic heterocycles. The number of hydrogen-bond acceptors (Lipinski definition) is 4. The summed E-state index contributed by atoms with van der Waals surface area (Å²) in [4.78, 5) is 14.0. The van der Waals surface area contributed by atoms with Gasteiger partial charge in [-0.2, -0.15) is 0 Å². The fourth-order valence-electron chi connectivity index (χ4n) is 1.45. The minimum atomic E-state index is -2.33. The number of hydrogen-bond donors (Lipinski definition) is 0. The molecule has 4 nitrogen and oxygen atoms in total. The van der Waals surface area contributed by atoms with Crippen molar-refractivity contribution in [2.24, 2.45) is 4.99 Å². The Labute approximate surface area is 86.6 Å². The second kappa shape index (κ2) is 6.90. The molecule has 0 amide bonds. The van der Waals surface area contributed by atoms with Crippen LogP contribution in [0.15, 0.2) is 4.99 Å². The van der Waals surface area contributed by atoms with Gasteiger partial charge in [0.25, 0.3) is 0 Å². The smallest absolute Gasteiger partial charge is 0.361 e. The van der Waals surface area contributed by atoms with Crippen LogP contribution in [0.3, 0.4) is 0 Å². The maximum atomic E-state index is 10.2. The third-order valence-electron chi connectivity index (χ3n) is 2.06. The first-order chi connectivity index (χ1) is 6.64. The minimum Gasteiger partial charge on any atom is -0.393 e. The van der Waals surface area contributed by atoms with E-state index in [1.807, 2.05) is 27.3 Å². The van der Waals surface area contributed by atoms with E-state index < -0.39 is 8.56 Å². The average Bonchev–Trinajstić information content (AvgIpc) is 2.14. The van der Waals surface area contributed by atoms with Crippen LogP contribution in [0.25, 0.3) is 0 Å². The lowest BCUT2D eigenvalue weighted by Gasteiger charge is -2.29. The zero-order valence-corrected chi connectivity index (χ0v) is 10.4. The first-order valence-electron chi connectivity index (χ1n) is 4.99. The van der Waals surface area contributed by atoms with Crippen molar-refractivity contribution in [2.45, 2.75) is 39.4 Å². The van der Waals surface area contributed by atoms with Crippen molar-refractivity contribution in [3.63, 3.8) is 0 Å². The lowest BCUT2D eigenvalue weighted by atomic mass is 10.5. The SMILES string of the molecule is CCO[Si](C)(OCC)C(CC)N=C=O. The Balaban J connectivity index is 4.64. The van der Waals surface area contributed by atoms with Gasteiger partial charge in [-0.25, -0.2) is 9.79 Å². The number of carbonyl (C=O) groups excluding carboxylic acids is 1. The second-order valence-corrected chi connectivity index (χ2v) is 6.30. The molecule has 0 saturated heterocycles. The van der Waals surface area contributed by atoms with Crippen molar-refractivity contribution in [1.82, 2.24) is 0 Å². The highest BCUT2D eigenvalue weighted by atomic mass is 28.4. The third kappa shape index (κ3) is 3.72. The molecule has 0 spiro atoms. The molecule has 0 aromatic heterocycles. The van der Waals surface area contributed by atoms with Gasteiger partial charge in [-0.05, 0) is 26.8 Å². The summed E-state index contributed by atoms with van der Waals surface area (Å²) >= 11 is 0. The molecule has 0 fully saturated rings. The molecule has 1 unspecified atom stereocenters. The lowest BCUT2D eigenvalue weighted by molar-refractivity contribution is 0.179. The van der Waals surface area contributed by atoms with Gasteiger partial charge in [-0.3, -0.25) is 0 Å². The topological polar surface area (TPSA) is 47.9 Å². The largest absolute Gasteiger partial charge is 0.393 e. The maximum Gasteiger partial charge on any atom is 0.361 e. The van der Waals surface area contributed by atoms with Gasteiger partial charge in [0.2, 0.25) is 6.08 Å². The molecule has 0 N–H and O–H groups in total. The monoisotopic (exact) mass is 217 g/mol. The fourth-order valence-corrected chi connectivity index (χ4v) is 4.09. The van der Waals surface area contributed by atoms with Crippen LogP contribution in [0.2, 0.25) is 6.55 Å². The van der Waals surface area contributed by atoms with E-state index in [1.165, 1.54) is 0 Å². The molecule has 0 aromatic carbocycles. The zero-order valence-electron chi connectivity index (χ0n) is 9.37. The lowest BCUT2D eigenvalue weighted by Crippen LogP contribution is -2.49. The number of rotatable bonds is 7. The normalized spacial score (nSPS) is 13.4. The molecular weight excluding hydrogens is 198 g/mol. The fraction of sp³-hybridized carbons (Fsp3) is 0.889. The Kier molecular flexibility index (Phi) is 6.66. The number of nitrogens with zero attached hydrogens (tertiary/aromatic N) is 1. The maximum absolute atomic E-state index is 10.2. The van der Waals surface area contributed by atoms with Gasteiger partial charge < -0.3 is 8.85 Å². The quantitative estimate of drug-likeness (QED) is 0.371. The molecule has 0 saturated carbocycles. The van der Waals surface area contributed by atoms with E-state index in [9.17, 15) is 4.79 Å². The standard InChI is InChI=1S/C9H19NO3Si/c1-5-9(10-8-11)14(4,12-6-2)13-7-3/h9H,5-7H2,1-4H3. The summed E-state index contributed by atoms with van der Waals surface area (Å²) in [7, 11) is -2.33. The summed E-state index contributed by atoms with van der Waals surface area (Å²) in [6, 6.07) is 0. The molecule has 5 heteroatoms. The van der Waals surface area contributed by atoms with Gasteiger partial charge in [0, 0.05) is 13.2 Å². The van der Waals surface area contributed by atoms with Crippen molar-refractivity contribution in [2.75, 3.05) is 13.2 Å². The summed E-state index contributed by atoms with van der Waals surface area (Å²) in [5, 5.41) is 0. The summed E-state index contributed by atoms with van der Waals surface area (Å²) in [6.45, 7) is 8.92. The van der Waals surface area contributed by atoms with E-state index >= 15 is 0 Å². The van der Waals surface area contributed by atoms with E-state index in [1.54, 1.807) is 6.08 Å². The summed E-state index contributed by atoms with van der Waals surface area (Å²) < 4.78 is 11.2. The van der Waals surface area contributed by atoms with Crippen LogP contribution in [0.1, 0.15) is 27.2 Å². The van der Waals surface area contributed by atoms with Gasteiger partial charge in [0.15, 0.2) is 0 Å². The highest BCUT2D eigenvalue weighted by Gasteiger charge is 2.40. The van der Waals surface area contributed by atoms with Crippen LogP contribution in [0, 0.1) is 0 Å². The van der Waals surface area contributed by atoms with Gasteiger partial charge in [-0.15, -0.1) is 0 Å². The van der Waals surface area contributed by atoms with E-state index in [4.69, 9.17) is 8.85 Å². The summed E-state index contributed by atoms with van der Waals surface area (Å²) in [6.07, 6.45) is 2.34. The molecular formula is C9H19NO3Si. The van der Waals surface area contributed by atoms with Gasteiger partial charge in [0.1, 0.15) is 5.67 Å². The van der Waals surface area contributed by atoms with Crippen molar-refractivity contribution >= 4 is 14.6 Å². The molecule has 0 aliphatic rings. The van der Waals surface area contributed by atoms with Crippen molar-refractivity contribution in [3.05, 3.63) is 0 Å².